The van der Waals surface area contributed by atoms with Crippen LogP contribution in [0.5, 0.6) is 0 Å². The largest absolute Gasteiger partial charge is 0.348 e. The highest BCUT2D eigenvalue weighted by Crippen LogP contribution is 2.17. The van der Waals surface area contributed by atoms with Crippen LogP contribution in [0.4, 0.5) is 5.69 Å². The van der Waals surface area contributed by atoms with Gasteiger partial charge in [-0.2, -0.15) is 0 Å². The van der Waals surface area contributed by atoms with Gasteiger partial charge in [-0.25, -0.2) is 0 Å². The topological polar surface area (TPSA) is 84.0 Å². The van der Waals surface area contributed by atoms with Crippen LogP contribution in [-0.2, 0) is 13.0 Å². The van der Waals surface area contributed by atoms with E-state index in [0.717, 1.165) is 17.0 Å². The quantitative estimate of drug-likeness (QED) is 0.577. The fourth-order valence-electron chi connectivity index (χ4n) is 2.63. The number of nitrogens with zero attached hydrogens (tertiary/aromatic N) is 2. The number of nitrogens with one attached hydrogen (secondary N) is 2. The predicted octanol–water partition coefficient (Wildman–Crippen LogP) is 4.57. The summed E-state index contributed by atoms with van der Waals surface area (Å²) < 4.78 is 0. The number of halogens is 1. The zero-order valence-electron chi connectivity index (χ0n) is 16.1. The second-order valence-electron chi connectivity index (χ2n) is 6.95. The molecule has 0 aliphatic heterocycles. The van der Waals surface area contributed by atoms with Crippen molar-refractivity contribution in [3.63, 3.8) is 0 Å². The Bertz CT molecular complexity index is 1020. The van der Waals surface area contributed by atoms with Crippen LogP contribution in [-0.4, -0.2) is 22.0 Å². The summed E-state index contributed by atoms with van der Waals surface area (Å²) in [5.41, 5.74) is 1.87. The van der Waals surface area contributed by atoms with Crippen molar-refractivity contribution in [2.75, 3.05) is 5.32 Å². The molecule has 29 heavy (non-hydrogen) atoms. The lowest BCUT2D eigenvalue weighted by Gasteiger charge is -2.08. The molecule has 0 aliphatic rings. The van der Waals surface area contributed by atoms with Crippen LogP contribution in [0.3, 0.4) is 0 Å². The molecule has 0 bridgehead atoms. The highest BCUT2D eigenvalue weighted by atomic mass is 35.5. The Hall–Kier alpha value is -2.77. The van der Waals surface area contributed by atoms with E-state index in [9.17, 15) is 9.59 Å². The van der Waals surface area contributed by atoms with Gasteiger partial charge in [0.2, 0.25) is 5.01 Å². The van der Waals surface area contributed by atoms with Gasteiger partial charge in [0, 0.05) is 29.2 Å². The first-order chi connectivity index (χ1) is 13.9. The van der Waals surface area contributed by atoms with Gasteiger partial charge in [0.25, 0.3) is 11.8 Å². The molecule has 0 spiro atoms. The summed E-state index contributed by atoms with van der Waals surface area (Å²) in [7, 11) is 0. The van der Waals surface area contributed by atoms with Crippen LogP contribution in [0, 0.1) is 5.92 Å². The van der Waals surface area contributed by atoms with Gasteiger partial charge in [0.15, 0.2) is 0 Å². The van der Waals surface area contributed by atoms with Gasteiger partial charge in [-0.1, -0.05) is 55.0 Å². The molecule has 0 radical (unpaired) electrons. The molecule has 150 valence electrons. The monoisotopic (exact) mass is 428 g/mol. The molecule has 0 saturated heterocycles. The van der Waals surface area contributed by atoms with E-state index in [1.54, 1.807) is 36.4 Å². The fourth-order valence-corrected chi connectivity index (χ4v) is 3.79. The summed E-state index contributed by atoms with van der Waals surface area (Å²) in [4.78, 5) is 24.9. The minimum atomic E-state index is -0.339. The molecule has 8 heteroatoms. The Kier molecular flexibility index (Phi) is 6.95. The standard InChI is InChI=1S/C21H21ClN4O2S/c1-13(2)9-18-25-26-21(29-18)20(28)24-17-8-4-6-15(11-17)19(27)23-12-14-5-3-7-16(22)10-14/h3-8,10-11,13H,9,12H2,1-2H3,(H,23,27)(H,24,28). The Morgan fingerprint density at radius 3 is 2.62 bits per heavy atom. The first-order valence-electron chi connectivity index (χ1n) is 9.17. The first-order valence-corrected chi connectivity index (χ1v) is 10.4. The summed E-state index contributed by atoms with van der Waals surface area (Å²) in [5.74, 6) is -0.133. The Balaban J connectivity index is 1.62. The highest BCUT2D eigenvalue weighted by molar-refractivity contribution is 7.13. The molecular weight excluding hydrogens is 408 g/mol. The second-order valence-corrected chi connectivity index (χ2v) is 8.44. The number of anilines is 1. The molecule has 0 atom stereocenters. The number of carbonyl (C=O) groups is 2. The van der Waals surface area contributed by atoms with Crippen molar-refractivity contribution < 1.29 is 9.59 Å². The van der Waals surface area contributed by atoms with Gasteiger partial charge in [-0.3, -0.25) is 9.59 Å². The molecule has 0 aliphatic carbocycles. The van der Waals surface area contributed by atoms with Gasteiger partial charge in [-0.05, 0) is 41.8 Å². The Labute approximate surface area is 178 Å². The number of aromatic nitrogens is 2. The molecule has 3 rings (SSSR count). The van der Waals surface area contributed by atoms with Gasteiger partial charge < -0.3 is 10.6 Å². The summed E-state index contributed by atoms with van der Waals surface area (Å²) in [6.45, 7) is 4.54. The molecule has 1 heterocycles. The molecule has 6 nitrogen and oxygen atoms in total. The van der Waals surface area contributed by atoms with Crippen molar-refractivity contribution in [2.45, 2.75) is 26.8 Å². The van der Waals surface area contributed by atoms with Crippen molar-refractivity contribution in [3.05, 3.63) is 74.7 Å². The minimum Gasteiger partial charge on any atom is -0.348 e. The maximum atomic E-state index is 12.4. The molecule has 0 unspecified atom stereocenters. The summed E-state index contributed by atoms with van der Waals surface area (Å²) in [6.07, 6.45) is 0.785. The summed E-state index contributed by atoms with van der Waals surface area (Å²) in [6, 6.07) is 14.1. The number of carbonyl (C=O) groups excluding carboxylic acids is 2. The molecule has 0 fully saturated rings. The normalized spacial score (nSPS) is 10.8. The number of hydrogen-bond donors (Lipinski definition) is 2. The number of rotatable bonds is 7. The Morgan fingerprint density at radius 1 is 1.07 bits per heavy atom. The summed E-state index contributed by atoms with van der Waals surface area (Å²) in [5, 5.41) is 15.4. The lowest BCUT2D eigenvalue weighted by molar-refractivity contribution is 0.0949. The van der Waals surface area contributed by atoms with Crippen LogP contribution in [0.2, 0.25) is 5.02 Å². The van der Waals surface area contributed by atoms with Crippen molar-refractivity contribution in [1.82, 2.24) is 15.5 Å². The van der Waals surface area contributed by atoms with Gasteiger partial charge in [0.05, 0.1) is 0 Å². The van der Waals surface area contributed by atoms with E-state index in [4.69, 9.17) is 11.6 Å². The average molecular weight is 429 g/mol. The highest BCUT2D eigenvalue weighted by Gasteiger charge is 2.15. The van der Waals surface area contributed by atoms with E-state index in [1.165, 1.54) is 11.3 Å². The predicted molar refractivity (Wildman–Crippen MR) is 115 cm³/mol. The minimum absolute atomic E-state index is 0.240. The smallest absolute Gasteiger partial charge is 0.286 e. The van der Waals surface area contributed by atoms with Crippen molar-refractivity contribution in [1.29, 1.82) is 0 Å². The van der Waals surface area contributed by atoms with Gasteiger partial charge in [0.1, 0.15) is 5.01 Å². The van der Waals surface area contributed by atoms with E-state index in [1.807, 2.05) is 12.1 Å². The van der Waals surface area contributed by atoms with Gasteiger partial charge in [-0.15, -0.1) is 10.2 Å². The third-order valence-electron chi connectivity index (χ3n) is 3.97. The summed E-state index contributed by atoms with van der Waals surface area (Å²) >= 11 is 7.24. The van der Waals surface area contributed by atoms with Crippen LogP contribution >= 0.6 is 22.9 Å². The van der Waals surface area contributed by atoms with Crippen LogP contribution in [0.1, 0.15) is 44.6 Å². The zero-order valence-corrected chi connectivity index (χ0v) is 17.7. The van der Waals surface area contributed by atoms with E-state index in [2.05, 4.69) is 34.7 Å². The van der Waals surface area contributed by atoms with E-state index >= 15 is 0 Å². The Morgan fingerprint density at radius 2 is 1.86 bits per heavy atom. The van der Waals surface area contributed by atoms with Crippen molar-refractivity contribution >= 4 is 40.4 Å². The van der Waals surface area contributed by atoms with Crippen molar-refractivity contribution in [3.8, 4) is 0 Å². The van der Waals surface area contributed by atoms with Crippen LogP contribution in [0.15, 0.2) is 48.5 Å². The van der Waals surface area contributed by atoms with Crippen LogP contribution < -0.4 is 10.6 Å². The molecule has 1 aromatic heterocycles. The van der Waals surface area contributed by atoms with E-state index < -0.39 is 0 Å². The molecule has 0 saturated carbocycles. The van der Waals surface area contributed by atoms with Gasteiger partial charge >= 0.3 is 0 Å². The molecule has 2 amide bonds. The van der Waals surface area contributed by atoms with E-state index in [-0.39, 0.29) is 11.8 Å². The number of amides is 2. The third kappa shape index (κ3) is 6.10. The second kappa shape index (κ2) is 9.62. The lowest BCUT2D eigenvalue weighted by atomic mass is 10.1. The lowest BCUT2D eigenvalue weighted by Crippen LogP contribution is -2.23. The molecule has 2 N–H and O–H groups in total. The maximum absolute atomic E-state index is 12.4. The maximum Gasteiger partial charge on any atom is 0.286 e. The SMILES string of the molecule is CC(C)Cc1nnc(C(=O)Nc2cccc(C(=O)NCc3cccc(Cl)c3)c2)s1. The number of hydrogen-bond acceptors (Lipinski definition) is 5. The zero-order chi connectivity index (χ0) is 20.8. The first kappa shape index (κ1) is 21.0. The average Bonchev–Trinajstić information content (AvgIpc) is 3.14. The molecule has 3 aromatic rings. The van der Waals surface area contributed by atoms with Crippen LogP contribution in [0.25, 0.3) is 0 Å². The van der Waals surface area contributed by atoms with E-state index in [0.29, 0.717) is 33.7 Å². The molecular formula is C21H21ClN4O2S. The fraction of sp³-hybridized carbons (Fsp3) is 0.238. The molecule has 2 aromatic carbocycles. The van der Waals surface area contributed by atoms with Crippen molar-refractivity contribution in [2.24, 2.45) is 5.92 Å². The third-order valence-corrected chi connectivity index (χ3v) is 5.15. The number of benzene rings is 2.